The van der Waals surface area contributed by atoms with Crippen LogP contribution in [0.1, 0.15) is 13.8 Å². The van der Waals surface area contributed by atoms with Gasteiger partial charge in [0.25, 0.3) is 5.56 Å². The molecule has 146 valence electrons. The molecule has 9 heteroatoms. The summed E-state index contributed by atoms with van der Waals surface area (Å²) < 4.78 is 32.7. The molecule has 0 aliphatic rings. The van der Waals surface area contributed by atoms with E-state index in [2.05, 4.69) is 5.32 Å². The van der Waals surface area contributed by atoms with Gasteiger partial charge in [0.2, 0.25) is 15.9 Å². The van der Waals surface area contributed by atoms with Crippen LogP contribution in [0.25, 0.3) is 0 Å². The van der Waals surface area contributed by atoms with Crippen LogP contribution in [0.4, 0.5) is 5.69 Å². The van der Waals surface area contributed by atoms with Crippen molar-refractivity contribution in [2.75, 3.05) is 25.5 Å². The Morgan fingerprint density at radius 2 is 1.81 bits per heavy atom. The highest BCUT2D eigenvalue weighted by Crippen LogP contribution is 2.23. The third kappa shape index (κ3) is 4.75. The number of nitrogens with one attached hydrogen (secondary N) is 1. The standard InChI is InChI=1S/C18H23N3O5S/c1-4-21(5-2)27(24,25)14-10-11-18(23)20(12-14)13-17(22)19-15-8-6-7-9-16(15)26-3/h6-12H,4-5,13H2,1-3H3,(H,19,22). The van der Waals surface area contributed by atoms with Crippen LogP contribution in [0, 0.1) is 0 Å². The summed E-state index contributed by atoms with van der Waals surface area (Å²) >= 11 is 0. The van der Waals surface area contributed by atoms with E-state index >= 15 is 0 Å². The number of nitrogens with zero attached hydrogens (tertiary/aromatic N) is 2. The zero-order valence-corrected chi connectivity index (χ0v) is 16.3. The molecular weight excluding hydrogens is 370 g/mol. The molecule has 0 unspecified atom stereocenters. The summed E-state index contributed by atoms with van der Waals surface area (Å²) in [7, 11) is -2.24. The quantitative estimate of drug-likeness (QED) is 0.733. The highest BCUT2D eigenvalue weighted by Gasteiger charge is 2.22. The van der Waals surface area contributed by atoms with Crippen molar-refractivity contribution in [3.63, 3.8) is 0 Å². The largest absolute Gasteiger partial charge is 0.495 e. The lowest BCUT2D eigenvalue weighted by molar-refractivity contribution is -0.116. The van der Waals surface area contributed by atoms with Gasteiger partial charge in [0.1, 0.15) is 12.3 Å². The summed E-state index contributed by atoms with van der Waals surface area (Å²) in [6.07, 6.45) is 1.19. The minimum absolute atomic E-state index is 0.0316. The number of aromatic nitrogens is 1. The highest BCUT2D eigenvalue weighted by molar-refractivity contribution is 7.89. The number of pyridine rings is 1. The number of rotatable bonds is 8. The van der Waals surface area contributed by atoms with E-state index in [-0.39, 0.29) is 11.4 Å². The number of carbonyl (C=O) groups excluding carboxylic acids is 1. The first-order valence-electron chi connectivity index (χ1n) is 8.47. The Kier molecular flexibility index (Phi) is 6.75. The van der Waals surface area contributed by atoms with E-state index in [0.717, 1.165) is 10.6 Å². The van der Waals surface area contributed by atoms with Crippen molar-refractivity contribution in [3.05, 3.63) is 52.9 Å². The van der Waals surface area contributed by atoms with Crippen LogP contribution >= 0.6 is 0 Å². The van der Waals surface area contributed by atoms with Gasteiger partial charge < -0.3 is 14.6 Å². The van der Waals surface area contributed by atoms with Gasteiger partial charge in [0.05, 0.1) is 17.7 Å². The van der Waals surface area contributed by atoms with Crippen LogP contribution < -0.4 is 15.6 Å². The molecule has 8 nitrogen and oxygen atoms in total. The molecule has 1 aromatic heterocycles. The second-order valence-electron chi connectivity index (χ2n) is 5.67. The van der Waals surface area contributed by atoms with Crippen molar-refractivity contribution in [3.8, 4) is 5.75 Å². The molecule has 0 fully saturated rings. The fraction of sp³-hybridized carbons (Fsp3) is 0.333. The Balaban J connectivity index is 2.26. The van der Waals surface area contributed by atoms with Crippen molar-refractivity contribution in [1.82, 2.24) is 8.87 Å². The number of amides is 1. The Morgan fingerprint density at radius 1 is 1.15 bits per heavy atom. The molecule has 1 heterocycles. The van der Waals surface area contributed by atoms with Crippen LogP contribution in [0.5, 0.6) is 5.75 Å². The molecule has 2 rings (SSSR count). The monoisotopic (exact) mass is 393 g/mol. The van der Waals surface area contributed by atoms with E-state index in [4.69, 9.17) is 4.74 Å². The topological polar surface area (TPSA) is 97.7 Å². The smallest absolute Gasteiger partial charge is 0.251 e. The molecule has 0 atom stereocenters. The predicted molar refractivity (Wildman–Crippen MR) is 102 cm³/mol. The van der Waals surface area contributed by atoms with Gasteiger partial charge in [-0.25, -0.2) is 8.42 Å². The molecule has 0 aliphatic carbocycles. The summed E-state index contributed by atoms with van der Waals surface area (Å²) in [4.78, 5) is 24.4. The van der Waals surface area contributed by atoms with Gasteiger partial charge in [-0.05, 0) is 18.2 Å². The minimum atomic E-state index is -3.72. The fourth-order valence-corrected chi connectivity index (χ4v) is 4.07. The van der Waals surface area contributed by atoms with Gasteiger partial charge in [0, 0.05) is 25.4 Å². The molecule has 27 heavy (non-hydrogen) atoms. The second-order valence-corrected chi connectivity index (χ2v) is 7.61. The number of benzene rings is 1. The van der Waals surface area contributed by atoms with Crippen molar-refractivity contribution in [2.45, 2.75) is 25.3 Å². The van der Waals surface area contributed by atoms with Crippen LogP contribution in [-0.2, 0) is 21.4 Å². The number of carbonyl (C=O) groups is 1. The SMILES string of the molecule is CCN(CC)S(=O)(=O)c1ccc(=O)n(CC(=O)Nc2ccccc2OC)c1. The van der Waals surface area contributed by atoms with Crippen molar-refractivity contribution >= 4 is 21.6 Å². The number of anilines is 1. The van der Waals surface area contributed by atoms with E-state index in [1.165, 1.54) is 23.7 Å². The average molecular weight is 393 g/mol. The maximum atomic E-state index is 12.6. The molecule has 0 saturated heterocycles. The first-order chi connectivity index (χ1) is 12.8. The third-order valence-electron chi connectivity index (χ3n) is 3.99. The molecule has 1 amide bonds. The predicted octanol–water partition coefficient (Wildman–Crippen LogP) is 1.53. The van der Waals surface area contributed by atoms with E-state index < -0.39 is 21.5 Å². The minimum Gasteiger partial charge on any atom is -0.495 e. The van der Waals surface area contributed by atoms with Crippen LogP contribution in [0.15, 0.2) is 52.3 Å². The lowest BCUT2D eigenvalue weighted by atomic mass is 10.3. The lowest BCUT2D eigenvalue weighted by Crippen LogP contribution is -2.33. The van der Waals surface area contributed by atoms with Crippen molar-refractivity contribution < 1.29 is 17.9 Å². The lowest BCUT2D eigenvalue weighted by Gasteiger charge is -2.19. The Bertz CT molecular complexity index is 965. The van der Waals surface area contributed by atoms with Crippen LogP contribution in [0.2, 0.25) is 0 Å². The molecule has 0 radical (unpaired) electrons. The van der Waals surface area contributed by atoms with Gasteiger partial charge in [-0.15, -0.1) is 0 Å². The average Bonchev–Trinajstić information content (AvgIpc) is 2.64. The number of hydrogen-bond donors (Lipinski definition) is 1. The zero-order valence-electron chi connectivity index (χ0n) is 15.5. The normalized spacial score (nSPS) is 11.4. The number of methoxy groups -OCH3 is 1. The van der Waals surface area contributed by atoms with Gasteiger partial charge in [0.15, 0.2) is 0 Å². The summed E-state index contributed by atoms with van der Waals surface area (Å²) in [6, 6.07) is 9.26. The Labute approximate surface area is 158 Å². The molecule has 0 aliphatic heterocycles. The third-order valence-corrected chi connectivity index (χ3v) is 6.03. The van der Waals surface area contributed by atoms with E-state index in [1.807, 2.05) is 0 Å². The molecule has 1 aromatic carbocycles. The highest BCUT2D eigenvalue weighted by atomic mass is 32.2. The van der Waals surface area contributed by atoms with E-state index in [0.29, 0.717) is 24.5 Å². The second kappa shape index (κ2) is 8.83. The van der Waals surface area contributed by atoms with E-state index in [1.54, 1.807) is 38.1 Å². The number of ether oxygens (including phenoxy) is 1. The number of para-hydroxylation sites is 2. The van der Waals surface area contributed by atoms with Gasteiger partial charge >= 0.3 is 0 Å². The molecule has 1 N–H and O–H groups in total. The van der Waals surface area contributed by atoms with Crippen LogP contribution in [0.3, 0.4) is 0 Å². The Morgan fingerprint density at radius 3 is 2.44 bits per heavy atom. The molecule has 0 bridgehead atoms. The number of hydrogen-bond acceptors (Lipinski definition) is 5. The Hall–Kier alpha value is -2.65. The van der Waals surface area contributed by atoms with Gasteiger partial charge in [-0.2, -0.15) is 4.31 Å². The molecule has 0 spiro atoms. The fourth-order valence-electron chi connectivity index (χ4n) is 2.59. The summed E-state index contributed by atoms with van der Waals surface area (Å²) in [6.45, 7) is 3.77. The molecule has 0 saturated carbocycles. The first-order valence-corrected chi connectivity index (χ1v) is 9.91. The van der Waals surface area contributed by atoms with E-state index in [9.17, 15) is 18.0 Å². The molecular formula is C18H23N3O5S. The van der Waals surface area contributed by atoms with Crippen LogP contribution in [-0.4, -0.2) is 43.4 Å². The maximum Gasteiger partial charge on any atom is 0.251 e. The van der Waals surface area contributed by atoms with Crippen molar-refractivity contribution in [2.24, 2.45) is 0 Å². The molecule has 2 aromatic rings. The van der Waals surface area contributed by atoms with Crippen molar-refractivity contribution in [1.29, 1.82) is 0 Å². The zero-order chi connectivity index (χ0) is 20.0. The van der Waals surface area contributed by atoms with Gasteiger partial charge in [-0.1, -0.05) is 26.0 Å². The summed E-state index contributed by atoms with van der Waals surface area (Å²) in [5.41, 5.74) is -0.00589. The number of sulfonamides is 1. The summed E-state index contributed by atoms with van der Waals surface area (Å²) in [5.74, 6) is 0.00930. The first kappa shape index (κ1) is 20.7. The van der Waals surface area contributed by atoms with Gasteiger partial charge in [-0.3, -0.25) is 9.59 Å². The maximum absolute atomic E-state index is 12.6. The summed E-state index contributed by atoms with van der Waals surface area (Å²) in [5, 5.41) is 2.66.